The lowest BCUT2D eigenvalue weighted by molar-refractivity contribution is 0.474. The van der Waals surface area contributed by atoms with Crippen molar-refractivity contribution >= 4 is 5.69 Å². The van der Waals surface area contributed by atoms with E-state index in [1.54, 1.807) is 4.68 Å². The minimum atomic E-state index is -0.370. The molecule has 5 heteroatoms. The predicted molar refractivity (Wildman–Crippen MR) is 91.6 cm³/mol. The maximum atomic E-state index is 4.30. The molecule has 1 N–H and O–H groups in total. The molecular formula is C18H21N5. The van der Waals surface area contributed by atoms with E-state index in [9.17, 15) is 0 Å². The van der Waals surface area contributed by atoms with Crippen LogP contribution in [0.5, 0.6) is 0 Å². The molecule has 0 saturated heterocycles. The summed E-state index contributed by atoms with van der Waals surface area (Å²) in [5, 5.41) is 16.0. The Morgan fingerprint density at radius 1 is 1.04 bits per heavy atom. The highest BCUT2D eigenvalue weighted by Crippen LogP contribution is 2.30. The van der Waals surface area contributed by atoms with Gasteiger partial charge in [0, 0.05) is 5.69 Å². The van der Waals surface area contributed by atoms with Crippen molar-refractivity contribution in [1.29, 1.82) is 0 Å². The Hall–Kier alpha value is -2.69. The van der Waals surface area contributed by atoms with Crippen LogP contribution < -0.4 is 5.32 Å². The van der Waals surface area contributed by atoms with Crippen LogP contribution >= 0.6 is 0 Å². The van der Waals surface area contributed by atoms with Crippen LogP contribution in [0, 0.1) is 6.92 Å². The zero-order valence-electron chi connectivity index (χ0n) is 13.7. The van der Waals surface area contributed by atoms with Gasteiger partial charge in [-0.3, -0.25) is 0 Å². The lowest BCUT2D eigenvalue weighted by atomic mass is 9.96. The first-order valence-corrected chi connectivity index (χ1v) is 7.82. The zero-order chi connectivity index (χ0) is 16.3. The van der Waals surface area contributed by atoms with Crippen molar-refractivity contribution in [3.63, 3.8) is 0 Å². The van der Waals surface area contributed by atoms with Gasteiger partial charge < -0.3 is 5.32 Å². The van der Waals surface area contributed by atoms with Gasteiger partial charge in [0.15, 0.2) is 5.82 Å². The maximum absolute atomic E-state index is 4.30. The second kappa shape index (κ2) is 6.20. The molecule has 0 aliphatic rings. The van der Waals surface area contributed by atoms with Crippen molar-refractivity contribution in [3.8, 4) is 5.69 Å². The van der Waals surface area contributed by atoms with E-state index in [0.29, 0.717) is 0 Å². The summed E-state index contributed by atoms with van der Waals surface area (Å²) in [4.78, 5) is 0. The summed E-state index contributed by atoms with van der Waals surface area (Å²) in [5.41, 5.74) is 2.88. The van der Waals surface area contributed by atoms with Crippen molar-refractivity contribution in [1.82, 2.24) is 20.2 Å². The first-order chi connectivity index (χ1) is 11.1. The maximum Gasteiger partial charge on any atom is 0.181 e. The van der Waals surface area contributed by atoms with Gasteiger partial charge in [0.2, 0.25) is 0 Å². The van der Waals surface area contributed by atoms with Gasteiger partial charge in [-0.05, 0) is 54.5 Å². The molecule has 0 aliphatic carbocycles. The SMILES string of the molecule is CCC(C)(Nc1ccccc1C)c1nnnn1-c1ccccc1. The van der Waals surface area contributed by atoms with Gasteiger partial charge in [0.05, 0.1) is 11.2 Å². The molecule has 3 aromatic rings. The van der Waals surface area contributed by atoms with Crippen LogP contribution in [0.1, 0.15) is 31.7 Å². The lowest BCUT2D eigenvalue weighted by Crippen LogP contribution is -2.34. The molecule has 1 atom stereocenters. The smallest absolute Gasteiger partial charge is 0.181 e. The predicted octanol–water partition coefficient (Wildman–Crippen LogP) is 3.71. The third-order valence-corrected chi connectivity index (χ3v) is 4.23. The number of aromatic nitrogens is 4. The molecule has 1 unspecified atom stereocenters. The summed E-state index contributed by atoms with van der Waals surface area (Å²) in [6, 6.07) is 18.2. The van der Waals surface area contributed by atoms with Crippen molar-refractivity contribution in [2.24, 2.45) is 0 Å². The molecule has 2 aromatic carbocycles. The number of nitrogens with zero attached hydrogens (tertiary/aromatic N) is 4. The average molecular weight is 307 g/mol. The Morgan fingerprint density at radius 2 is 1.74 bits per heavy atom. The second-order valence-corrected chi connectivity index (χ2v) is 5.88. The van der Waals surface area contributed by atoms with Crippen molar-refractivity contribution in [3.05, 3.63) is 66.0 Å². The quantitative estimate of drug-likeness (QED) is 0.780. The number of hydrogen-bond acceptors (Lipinski definition) is 4. The van der Waals surface area contributed by atoms with Crippen LogP contribution in [0.2, 0.25) is 0 Å². The van der Waals surface area contributed by atoms with Gasteiger partial charge in [-0.2, -0.15) is 4.68 Å². The minimum absolute atomic E-state index is 0.370. The van der Waals surface area contributed by atoms with E-state index in [1.807, 2.05) is 42.5 Å². The fraction of sp³-hybridized carbons (Fsp3) is 0.278. The molecule has 0 saturated carbocycles. The first-order valence-electron chi connectivity index (χ1n) is 7.82. The van der Waals surface area contributed by atoms with Crippen LogP contribution in [0.15, 0.2) is 54.6 Å². The lowest BCUT2D eigenvalue weighted by Gasteiger charge is -2.30. The monoisotopic (exact) mass is 307 g/mol. The van der Waals surface area contributed by atoms with Crippen molar-refractivity contribution < 1.29 is 0 Å². The van der Waals surface area contributed by atoms with Gasteiger partial charge in [0.25, 0.3) is 0 Å². The van der Waals surface area contributed by atoms with Crippen LogP contribution in [-0.4, -0.2) is 20.2 Å². The van der Waals surface area contributed by atoms with E-state index < -0.39 is 0 Å². The van der Waals surface area contributed by atoms with Gasteiger partial charge in [-0.15, -0.1) is 5.10 Å². The zero-order valence-corrected chi connectivity index (χ0v) is 13.7. The van der Waals surface area contributed by atoms with E-state index in [0.717, 1.165) is 23.6 Å². The highest BCUT2D eigenvalue weighted by molar-refractivity contribution is 5.52. The minimum Gasteiger partial charge on any atom is -0.373 e. The fourth-order valence-electron chi connectivity index (χ4n) is 2.59. The Bertz CT molecular complexity index is 781. The molecule has 1 aromatic heterocycles. The summed E-state index contributed by atoms with van der Waals surface area (Å²) in [5.74, 6) is 0.800. The van der Waals surface area contributed by atoms with Crippen LogP contribution in [0.3, 0.4) is 0 Å². The van der Waals surface area contributed by atoms with Gasteiger partial charge in [-0.1, -0.05) is 43.3 Å². The number of tetrazole rings is 1. The van der Waals surface area contributed by atoms with Crippen LogP contribution in [0.4, 0.5) is 5.69 Å². The number of aryl methyl sites for hydroxylation is 1. The molecule has 3 rings (SSSR count). The topological polar surface area (TPSA) is 55.6 Å². The summed E-state index contributed by atoms with van der Waals surface area (Å²) in [7, 11) is 0. The molecule has 118 valence electrons. The third kappa shape index (κ3) is 2.95. The van der Waals surface area contributed by atoms with Gasteiger partial charge >= 0.3 is 0 Å². The Labute approximate surface area is 136 Å². The van der Waals surface area contributed by atoms with E-state index in [2.05, 4.69) is 53.7 Å². The molecule has 0 bridgehead atoms. The molecule has 0 fully saturated rings. The first kappa shape index (κ1) is 15.2. The second-order valence-electron chi connectivity index (χ2n) is 5.88. The van der Waals surface area contributed by atoms with Crippen LogP contribution in [0.25, 0.3) is 5.69 Å². The molecule has 1 heterocycles. The molecule has 0 spiro atoms. The van der Waals surface area contributed by atoms with Gasteiger partial charge in [0.1, 0.15) is 0 Å². The highest BCUT2D eigenvalue weighted by Gasteiger charge is 2.31. The fourth-order valence-corrected chi connectivity index (χ4v) is 2.59. The summed E-state index contributed by atoms with van der Waals surface area (Å²) in [6.07, 6.45) is 0.856. The van der Waals surface area contributed by atoms with Crippen molar-refractivity contribution in [2.75, 3.05) is 5.32 Å². The average Bonchev–Trinajstić information content (AvgIpc) is 3.08. The van der Waals surface area contributed by atoms with Gasteiger partial charge in [-0.25, -0.2) is 0 Å². The number of hydrogen-bond donors (Lipinski definition) is 1. The molecule has 0 amide bonds. The highest BCUT2D eigenvalue weighted by atomic mass is 15.6. The number of para-hydroxylation sites is 2. The summed E-state index contributed by atoms with van der Waals surface area (Å²) >= 11 is 0. The Morgan fingerprint density at radius 3 is 2.43 bits per heavy atom. The third-order valence-electron chi connectivity index (χ3n) is 4.23. The van der Waals surface area contributed by atoms with Crippen molar-refractivity contribution in [2.45, 2.75) is 32.7 Å². The molecule has 0 aliphatic heterocycles. The molecule has 0 radical (unpaired) electrons. The number of rotatable bonds is 5. The van der Waals surface area contributed by atoms with E-state index in [1.165, 1.54) is 5.56 Å². The molecular weight excluding hydrogens is 286 g/mol. The summed E-state index contributed by atoms with van der Waals surface area (Å²) < 4.78 is 1.80. The van der Waals surface area contributed by atoms with E-state index in [-0.39, 0.29) is 5.54 Å². The molecule has 5 nitrogen and oxygen atoms in total. The van der Waals surface area contributed by atoms with E-state index >= 15 is 0 Å². The summed E-state index contributed by atoms with van der Waals surface area (Å²) in [6.45, 7) is 6.36. The largest absolute Gasteiger partial charge is 0.373 e. The number of nitrogens with one attached hydrogen (secondary N) is 1. The normalized spacial score (nSPS) is 13.5. The van der Waals surface area contributed by atoms with E-state index in [4.69, 9.17) is 0 Å². The number of benzene rings is 2. The Balaban J connectivity index is 2.02. The Kier molecular flexibility index (Phi) is 4.10. The molecule has 23 heavy (non-hydrogen) atoms. The number of anilines is 1. The standard InChI is InChI=1S/C18H21N5/c1-4-18(3,19-16-13-9-8-10-14(16)2)17-20-21-22-23(17)15-11-6-5-7-12-15/h5-13,19H,4H2,1-3H3. The van der Waals surface area contributed by atoms with Crippen LogP contribution in [-0.2, 0) is 5.54 Å².